The number of fused-ring (bicyclic) bond motifs is 2. The lowest BCUT2D eigenvalue weighted by molar-refractivity contribution is -0.0231. The monoisotopic (exact) mass is 490 g/mol. The van der Waals surface area contributed by atoms with Crippen LogP contribution in [-0.4, -0.2) is 58.8 Å². The number of halogens is 2. The van der Waals surface area contributed by atoms with Crippen molar-refractivity contribution in [2.45, 2.75) is 12.2 Å². The van der Waals surface area contributed by atoms with Crippen molar-refractivity contribution >= 4 is 24.7 Å². The van der Waals surface area contributed by atoms with Crippen molar-refractivity contribution in [3.8, 4) is 16.9 Å². The van der Waals surface area contributed by atoms with Crippen molar-refractivity contribution in [3.05, 3.63) is 77.2 Å². The summed E-state index contributed by atoms with van der Waals surface area (Å²) in [6, 6.07) is 8.69. The molecule has 2 aromatic carbocycles. The lowest BCUT2D eigenvalue weighted by atomic mass is 9.87. The number of aliphatic hydroxyl groups is 1. The molecular formula is C25H21BF2N4O4. The summed E-state index contributed by atoms with van der Waals surface area (Å²) in [4.78, 5) is 17.5. The van der Waals surface area contributed by atoms with Gasteiger partial charge in [-0.3, -0.25) is 14.5 Å². The maximum absolute atomic E-state index is 15.3. The van der Waals surface area contributed by atoms with Crippen LogP contribution in [0.3, 0.4) is 0 Å². The molecule has 1 N–H and O–H groups in total. The number of methoxy groups -OCH3 is 1. The first-order valence-electron chi connectivity index (χ1n) is 11.1. The first kappa shape index (κ1) is 23.9. The van der Waals surface area contributed by atoms with Crippen LogP contribution in [-0.2, 0) is 24.0 Å². The van der Waals surface area contributed by atoms with E-state index in [1.807, 2.05) is 0 Å². The molecule has 182 valence electrons. The molecule has 1 atom stereocenters. The van der Waals surface area contributed by atoms with Crippen LogP contribution in [0.2, 0.25) is 0 Å². The summed E-state index contributed by atoms with van der Waals surface area (Å²) in [6.45, 7) is 0.128. The Kier molecular flexibility index (Phi) is 5.97. The average molecular weight is 490 g/mol. The highest BCUT2D eigenvalue weighted by atomic mass is 19.1. The number of aryl methyl sites for hydroxylation is 1. The molecule has 2 radical (unpaired) electrons. The standard InChI is InChI=1S/C25H21BF2N4O4/c1-31-12-17-15(5-6-21(22(17)30-31)36-9-8-35-2)14-10-19(27)18(20(28)11-14)13-32-24(33)16-4-3-7-29-23(16)25(32,26)34/h3-7,10-12,34H,8-9,13H2,1-2H3. The summed E-state index contributed by atoms with van der Waals surface area (Å²) in [5.74, 6) is -1.94. The van der Waals surface area contributed by atoms with E-state index in [1.165, 1.54) is 30.5 Å². The van der Waals surface area contributed by atoms with Crippen LogP contribution >= 0.6 is 0 Å². The van der Waals surface area contributed by atoms with Gasteiger partial charge in [-0.05, 0) is 47.5 Å². The molecule has 1 aliphatic heterocycles. The molecule has 0 bridgehead atoms. The lowest BCUT2D eigenvalue weighted by Crippen LogP contribution is -2.44. The second kappa shape index (κ2) is 9.00. The van der Waals surface area contributed by atoms with Gasteiger partial charge < -0.3 is 19.5 Å². The fourth-order valence-corrected chi connectivity index (χ4v) is 4.36. The van der Waals surface area contributed by atoms with E-state index in [4.69, 9.17) is 17.3 Å². The largest absolute Gasteiger partial charge is 0.489 e. The highest BCUT2D eigenvalue weighted by molar-refractivity contribution is 6.19. The Morgan fingerprint density at radius 3 is 2.58 bits per heavy atom. The zero-order chi connectivity index (χ0) is 25.6. The molecule has 1 unspecified atom stereocenters. The second-order valence-corrected chi connectivity index (χ2v) is 8.45. The van der Waals surface area contributed by atoms with Crippen LogP contribution in [0.5, 0.6) is 5.75 Å². The number of hydrogen-bond acceptors (Lipinski definition) is 6. The van der Waals surface area contributed by atoms with Crippen molar-refractivity contribution in [3.63, 3.8) is 0 Å². The summed E-state index contributed by atoms with van der Waals surface area (Å²) < 4.78 is 42.9. The van der Waals surface area contributed by atoms with Crippen molar-refractivity contribution in [1.82, 2.24) is 19.7 Å². The van der Waals surface area contributed by atoms with Gasteiger partial charge in [-0.25, -0.2) is 8.78 Å². The zero-order valence-corrected chi connectivity index (χ0v) is 19.5. The molecule has 11 heteroatoms. The van der Waals surface area contributed by atoms with Crippen molar-refractivity contribution in [2.24, 2.45) is 7.05 Å². The van der Waals surface area contributed by atoms with Gasteiger partial charge in [0.2, 0.25) is 0 Å². The van der Waals surface area contributed by atoms with Crippen LogP contribution in [0.4, 0.5) is 8.78 Å². The molecular weight excluding hydrogens is 469 g/mol. The third-order valence-corrected chi connectivity index (χ3v) is 6.11. The van der Waals surface area contributed by atoms with Gasteiger partial charge in [-0.1, -0.05) is 0 Å². The molecule has 2 aromatic heterocycles. The molecule has 36 heavy (non-hydrogen) atoms. The Morgan fingerprint density at radius 1 is 1.14 bits per heavy atom. The smallest absolute Gasteiger partial charge is 0.258 e. The number of pyridine rings is 1. The van der Waals surface area contributed by atoms with Crippen LogP contribution < -0.4 is 4.74 Å². The minimum absolute atomic E-state index is 0.0702. The molecule has 0 saturated carbocycles. The number of nitrogens with zero attached hydrogens (tertiary/aromatic N) is 4. The van der Waals surface area contributed by atoms with Crippen LogP contribution in [0.1, 0.15) is 21.6 Å². The van der Waals surface area contributed by atoms with E-state index in [1.54, 1.807) is 37.2 Å². The zero-order valence-electron chi connectivity index (χ0n) is 19.5. The summed E-state index contributed by atoms with van der Waals surface area (Å²) in [6.07, 6.45) is 3.11. The molecule has 3 heterocycles. The van der Waals surface area contributed by atoms with E-state index in [-0.39, 0.29) is 16.8 Å². The molecule has 0 aliphatic carbocycles. The number of hydrogen-bond donors (Lipinski definition) is 1. The minimum atomic E-state index is -2.30. The third-order valence-electron chi connectivity index (χ3n) is 6.11. The summed E-state index contributed by atoms with van der Waals surface area (Å²) in [7, 11) is 9.24. The fraction of sp³-hybridized carbons (Fsp3) is 0.240. The van der Waals surface area contributed by atoms with Gasteiger partial charge in [0.15, 0.2) is 7.85 Å². The van der Waals surface area contributed by atoms with E-state index in [0.717, 1.165) is 4.90 Å². The number of carbonyl (C=O) groups excluding carboxylic acids is 1. The number of benzene rings is 2. The molecule has 1 aliphatic rings. The number of ether oxygens (including phenoxy) is 2. The fourth-order valence-electron chi connectivity index (χ4n) is 4.36. The number of rotatable bonds is 7. The first-order valence-corrected chi connectivity index (χ1v) is 11.1. The quantitative estimate of drug-likeness (QED) is 0.317. The normalized spacial score (nSPS) is 17.1. The summed E-state index contributed by atoms with van der Waals surface area (Å²) in [5.41, 5.74) is -1.35. The summed E-state index contributed by atoms with van der Waals surface area (Å²) >= 11 is 0. The van der Waals surface area contributed by atoms with Gasteiger partial charge >= 0.3 is 0 Å². The highest BCUT2D eigenvalue weighted by Gasteiger charge is 2.46. The molecule has 0 saturated heterocycles. The molecule has 5 rings (SSSR count). The number of aromatic nitrogens is 3. The van der Waals surface area contributed by atoms with Crippen LogP contribution in [0.15, 0.2) is 48.8 Å². The first-order chi connectivity index (χ1) is 17.2. The second-order valence-electron chi connectivity index (χ2n) is 8.45. The predicted octanol–water partition coefficient (Wildman–Crippen LogP) is 2.87. The van der Waals surface area contributed by atoms with Crippen LogP contribution in [0, 0.1) is 11.6 Å². The van der Waals surface area contributed by atoms with E-state index in [2.05, 4.69) is 10.1 Å². The van der Waals surface area contributed by atoms with E-state index >= 15 is 8.78 Å². The van der Waals surface area contributed by atoms with Gasteiger partial charge in [0.05, 0.1) is 24.4 Å². The maximum atomic E-state index is 15.3. The van der Waals surface area contributed by atoms with E-state index in [9.17, 15) is 9.90 Å². The molecule has 0 fully saturated rings. The average Bonchev–Trinajstić information content (AvgIpc) is 3.32. The molecule has 1 amide bonds. The van der Waals surface area contributed by atoms with Gasteiger partial charge in [0, 0.05) is 37.5 Å². The predicted molar refractivity (Wildman–Crippen MR) is 127 cm³/mol. The lowest BCUT2D eigenvalue weighted by Gasteiger charge is -2.31. The third kappa shape index (κ3) is 3.90. The van der Waals surface area contributed by atoms with Gasteiger partial charge in [0.1, 0.15) is 35.1 Å². The SMILES string of the molecule is [B]C1(O)c2ncccc2C(=O)N1Cc1c(F)cc(-c2ccc(OCCOC)c3nn(C)cc23)cc1F. The van der Waals surface area contributed by atoms with E-state index < -0.39 is 35.3 Å². The number of amides is 1. The van der Waals surface area contributed by atoms with E-state index in [0.29, 0.717) is 35.4 Å². The highest BCUT2D eigenvalue weighted by Crippen LogP contribution is 2.38. The Hall–Kier alpha value is -3.83. The molecule has 4 aromatic rings. The number of carbonyl (C=O) groups is 1. The Morgan fingerprint density at radius 2 is 1.89 bits per heavy atom. The molecule has 8 nitrogen and oxygen atoms in total. The summed E-state index contributed by atoms with van der Waals surface area (Å²) in [5, 5.41) is 15.8. The Balaban J connectivity index is 1.50. The Bertz CT molecular complexity index is 1470. The van der Waals surface area contributed by atoms with Gasteiger partial charge in [-0.2, -0.15) is 5.10 Å². The van der Waals surface area contributed by atoms with Gasteiger partial charge in [0.25, 0.3) is 5.91 Å². The minimum Gasteiger partial charge on any atom is -0.489 e. The molecule has 0 spiro atoms. The van der Waals surface area contributed by atoms with Crippen molar-refractivity contribution in [1.29, 1.82) is 0 Å². The van der Waals surface area contributed by atoms with Crippen molar-refractivity contribution < 1.29 is 28.2 Å². The maximum Gasteiger partial charge on any atom is 0.258 e. The Labute approximate surface area is 206 Å². The van der Waals surface area contributed by atoms with Crippen LogP contribution in [0.25, 0.3) is 22.0 Å². The van der Waals surface area contributed by atoms with Gasteiger partial charge in [-0.15, -0.1) is 0 Å². The van der Waals surface area contributed by atoms with Crippen molar-refractivity contribution in [2.75, 3.05) is 20.3 Å². The topological polar surface area (TPSA) is 89.7 Å².